The van der Waals surface area contributed by atoms with Crippen LogP contribution >= 0.6 is 0 Å². The van der Waals surface area contributed by atoms with Gasteiger partial charge in [0.05, 0.1) is 13.2 Å². The molecule has 0 amide bonds. The van der Waals surface area contributed by atoms with E-state index in [1.807, 2.05) is 0 Å². The highest BCUT2D eigenvalue weighted by Crippen LogP contribution is 2.26. The molecule has 0 atom stereocenters. The maximum absolute atomic E-state index is 12.8. The first-order valence-electron chi connectivity index (χ1n) is 13.2. The number of carbonyl (C=O) groups excluding carboxylic acids is 3. The molecule has 0 aliphatic carbocycles. The number of benzene rings is 2. The second kappa shape index (κ2) is 13.5. The van der Waals surface area contributed by atoms with Crippen LogP contribution in [0.1, 0.15) is 48.3 Å². The van der Waals surface area contributed by atoms with Crippen molar-refractivity contribution in [3.63, 3.8) is 0 Å². The predicted molar refractivity (Wildman–Crippen MR) is 148 cm³/mol. The molecule has 0 spiro atoms. The van der Waals surface area contributed by atoms with Gasteiger partial charge in [-0.1, -0.05) is 19.1 Å². The van der Waals surface area contributed by atoms with Gasteiger partial charge in [-0.05, 0) is 38.1 Å². The van der Waals surface area contributed by atoms with Crippen LogP contribution in [0.3, 0.4) is 0 Å². The third-order valence-corrected chi connectivity index (χ3v) is 5.82. The van der Waals surface area contributed by atoms with Gasteiger partial charge in [-0.3, -0.25) is 14.4 Å². The molecule has 0 saturated carbocycles. The van der Waals surface area contributed by atoms with Crippen molar-refractivity contribution in [3.8, 4) is 11.5 Å². The van der Waals surface area contributed by atoms with Gasteiger partial charge in [0, 0.05) is 18.6 Å². The fraction of sp³-hybridized carbons (Fsp3) is 0.300. The van der Waals surface area contributed by atoms with Crippen molar-refractivity contribution in [2.45, 2.75) is 33.3 Å². The Morgan fingerprint density at radius 2 is 1.17 bits per heavy atom. The van der Waals surface area contributed by atoms with Crippen molar-refractivity contribution in [1.82, 2.24) is 0 Å². The third kappa shape index (κ3) is 6.77. The number of ether oxygens (including phenoxy) is 5. The Kier molecular flexibility index (Phi) is 9.58. The van der Waals surface area contributed by atoms with E-state index in [0.717, 1.165) is 12.1 Å². The summed E-state index contributed by atoms with van der Waals surface area (Å²) in [6, 6.07) is 11.2. The summed E-state index contributed by atoms with van der Waals surface area (Å²) in [6.45, 7) is 4.66. The lowest BCUT2D eigenvalue weighted by Crippen LogP contribution is -2.31. The highest BCUT2D eigenvalue weighted by molar-refractivity contribution is 5.91. The van der Waals surface area contributed by atoms with Gasteiger partial charge in [-0.25, -0.2) is 9.59 Å². The van der Waals surface area contributed by atoms with Crippen LogP contribution in [0.2, 0.25) is 0 Å². The lowest BCUT2D eigenvalue weighted by Gasteiger charge is -2.20. The minimum atomic E-state index is -0.959. The van der Waals surface area contributed by atoms with Gasteiger partial charge < -0.3 is 32.5 Å². The van der Waals surface area contributed by atoms with Gasteiger partial charge in [-0.2, -0.15) is 0 Å². The third-order valence-electron chi connectivity index (χ3n) is 5.82. The number of esters is 3. The van der Waals surface area contributed by atoms with Crippen LogP contribution in [0.4, 0.5) is 0 Å². The van der Waals surface area contributed by atoms with Crippen LogP contribution < -0.4 is 20.3 Å². The van der Waals surface area contributed by atoms with E-state index in [1.54, 1.807) is 32.9 Å². The van der Waals surface area contributed by atoms with E-state index in [0.29, 0.717) is 0 Å². The molecule has 12 nitrogen and oxygen atoms in total. The van der Waals surface area contributed by atoms with E-state index >= 15 is 0 Å². The van der Waals surface area contributed by atoms with Crippen LogP contribution in [-0.2, 0) is 19.0 Å². The van der Waals surface area contributed by atoms with Crippen LogP contribution in [0.15, 0.2) is 67.0 Å². The van der Waals surface area contributed by atoms with Crippen LogP contribution in [0.25, 0.3) is 21.9 Å². The molecule has 0 fully saturated rings. The summed E-state index contributed by atoms with van der Waals surface area (Å²) in [5.41, 5.74) is -0.854. The van der Waals surface area contributed by atoms with E-state index in [9.17, 15) is 24.0 Å². The smallest absolute Gasteiger partial charge is 0.374 e. The van der Waals surface area contributed by atoms with Gasteiger partial charge in [0.1, 0.15) is 46.7 Å². The zero-order valence-electron chi connectivity index (χ0n) is 23.1. The fourth-order valence-corrected chi connectivity index (χ4v) is 3.95. The highest BCUT2D eigenvalue weighted by Gasteiger charge is 2.21. The molecule has 2 aromatic heterocycles. The molecular weight excluding hydrogens is 552 g/mol. The van der Waals surface area contributed by atoms with Crippen LogP contribution in [-0.4, -0.2) is 50.4 Å². The predicted octanol–water partition coefficient (Wildman–Crippen LogP) is 4.03. The van der Waals surface area contributed by atoms with E-state index in [1.165, 1.54) is 24.3 Å². The first kappa shape index (κ1) is 29.8. The van der Waals surface area contributed by atoms with E-state index in [4.69, 9.17) is 32.5 Å². The Morgan fingerprint density at radius 3 is 1.57 bits per heavy atom. The van der Waals surface area contributed by atoms with Crippen molar-refractivity contribution < 1.29 is 46.9 Å². The Morgan fingerprint density at radius 1 is 0.714 bits per heavy atom. The molecule has 0 N–H and O–H groups in total. The normalized spacial score (nSPS) is 11.0. The molecule has 0 aliphatic heterocycles. The summed E-state index contributed by atoms with van der Waals surface area (Å²) < 4.78 is 38.1. The number of hydrogen-bond acceptors (Lipinski definition) is 12. The lowest BCUT2D eigenvalue weighted by molar-refractivity contribution is -0.151. The summed E-state index contributed by atoms with van der Waals surface area (Å²) in [6.07, 6.45) is -0.876. The maximum Gasteiger partial charge on any atom is 0.374 e. The molecule has 2 aromatic carbocycles. The first-order valence-corrected chi connectivity index (χ1v) is 13.2. The van der Waals surface area contributed by atoms with Gasteiger partial charge in [-0.15, -0.1) is 0 Å². The van der Waals surface area contributed by atoms with E-state index in [2.05, 4.69) is 0 Å². The molecule has 12 heteroatoms. The molecule has 4 rings (SSSR count). The van der Waals surface area contributed by atoms with Crippen molar-refractivity contribution in [2.75, 3.05) is 26.4 Å². The van der Waals surface area contributed by atoms with Crippen molar-refractivity contribution in [3.05, 3.63) is 80.5 Å². The largest absolute Gasteiger partial charge is 0.489 e. The Bertz CT molecular complexity index is 1610. The Hall–Kier alpha value is -5.13. The topological polar surface area (TPSA) is 158 Å². The second-order valence-electron chi connectivity index (χ2n) is 8.74. The maximum atomic E-state index is 12.8. The van der Waals surface area contributed by atoms with Gasteiger partial charge in [0.25, 0.3) is 0 Å². The molecule has 42 heavy (non-hydrogen) atoms. The minimum Gasteiger partial charge on any atom is -0.489 e. The second-order valence-corrected chi connectivity index (χ2v) is 8.74. The van der Waals surface area contributed by atoms with Crippen LogP contribution in [0, 0.1) is 0 Å². The Labute approximate surface area is 238 Å². The first-order chi connectivity index (χ1) is 20.2. The standard InChI is InChI=1S/C30H28O12/c1-4-26(33)40-17(15-38-20-9-7-11-22-27(20)18(31)13-24(41-22)29(34)36-5-2)16-39-21-10-8-12-23-28(21)19(32)14-25(42-23)30(35)37-6-3/h7-14,17H,4-6,15-16H2,1-3H3. The molecule has 220 valence electrons. The summed E-state index contributed by atoms with van der Waals surface area (Å²) in [4.78, 5) is 61.9. The van der Waals surface area contributed by atoms with Gasteiger partial charge in [0.15, 0.2) is 17.0 Å². The zero-order valence-corrected chi connectivity index (χ0v) is 23.1. The zero-order chi connectivity index (χ0) is 30.2. The number of fused-ring (bicyclic) bond motifs is 2. The average Bonchev–Trinajstić information content (AvgIpc) is 2.98. The summed E-state index contributed by atoms with van der Waals surface area (Å²) in [5, 5.41) is 0.159. The molecule has 0 radical (unpaired) electrons. The molecule has 2 heterocycles. The molecule has 0 aliphatic rings. The molecular formula is C30H28O12. The number of carbonyl (C=O) groups is 3. The van der Waals surface area contributed by atoms with Crippen molar-refractivity contribution >= 4 is 39.8 Å². The molecule has 4 aromatic rings. The molecule has 0 bridgehead atoms. The minimum absolute atomic E-state index is 0.0797. The Balaban J connectivity index is 1.56. The quantitative estimate of drug-likeness (QED) is 0.175. The summed E-state index contributed by atoms with van der Waals surface area (Å²) in [7, 11) is 0. The fourth-order valence-electron chi connectivity index (χ4n) is 3.95. The van der Waals surface area contributed by atoms with E-state index < -0.39 is 34.9 Å². The average molecular weight is 581 g/mol. The molecule has 0 unspecified atom stereocenters. The monoisotopic (exact) mass is 580 g/mol. The van der Waals surface area contributed by atoms with Crippen molar-refractivity contribution in [1.29, 1.82) is 0 Å². The summed E-state index contributed by atoms with van der Waals surface area (Å²) >= 11 is 0. The SMILES string of the molecule is CCOC(=O)c1cc(=O)c2c(OCC(COc3cccc4oc(C(=O)OCC)cc(=O)c34)OC(=O)CC)cccc2o1. The van der Waals surface area contributed by atoms with Gasteiger partial charge >= 0.3 is 17.9 Å². The van der Waals surface area contributed by atoms with E-state index in [-0.39, 0.29) is 77.8 Å². The lowest BCUT2D eigenvalue weighted by atomic mass is 10.2. The van der Waals surface area contributed by atoms with Crippen molar-refractivity contribution in [2.24, 2.45) is 0 Å². The number of rotatable bonds is 12. The highest BCUT2D eigenvalue weighted by atomic mass is 16.6. The summed E-state index contributed by atoms with van der Waals surface area (Å²) in [5.74, 6) is -2.30. The number of hydrogen-bond donors (Lipinski definition) is 0. The van der Waals surface area contributed by atoms with Gasteiger partial charge in [0.2, 0.25) is 11.5 Å². The molecule has 0 saturated heterocycles. The van der Waals surface area contributed by atoms with Crippen LogP contribution in [0.5, 0.6) is 11.5 Å².